The van der Waals surface area contributed by atoms with Crippen LogP contribution in [-0.2, 0) is 0 Å². The molecule has 0 unspecified atom stereocenters. The Labute approximate surface area is 125 Å². The molecule has 1 aliphatic rings. The summed E-state index contributed by atoms with van der Waals surface area (Å²) >= 11 is 6.19. The van der Waals surface area contributed by atoms with E-state index >= 15 is 0 Å². The molecule has 0 bridgehead atoms. The summed E-state index contributed by atoms with van der Waals surface area (Å²) in [5.74, 6) is 0.796. The van der Waals surface area contributed by atoms with E-state index in [9.17, 15) is 0 Å². The monoisotopic (exact) mass is 287 g/mol. The van der Waals surface area contributed by atoms with E-state index in [1.807, 2.05) is 0 Å². The molecule has 0 amide bonds. The fraction of sp³-hybridized carbons (Fsp3) is 1.00. The van der Waals surface area contributed by atoms with Gasteiger partial charge in [0.1, 0.15) is 0 Å². The van der Waals surface area contributed by atoms with Crippen molar-refractivity contribution in [3.05, 3.63) is 0 Å². The molecule has 0 atom stereocenters. The molecule has 0 radical (unpaired) electrons. The van der Waals surface area contributed by atoms with Crippen molar-refractivity contribution in [2.75, 3.05) is 12.4 Å². The van der Waals surface area contributed by atoms with Crippen molar-refractivity contribution in [2.45, 2.75) is 95.9 Å². The van der Waals surface area contributed by atoms with E-state index in [1.54, 1.807) is 0 Å². The molecule has 19 heavy (non-hydrogen) atoms. The second-order valence-corrected chi connectivity index (χ2v) is 6.64. The molecule has 114 valence electrons. The smallest absolute Gasteiger partial charge is 0.0406 e. The average Bonchev–Trinajstić information content (AvgIpc) is 2.46. The summed E-state index contributed by atoms with van der Waals surface area (Å²) in [5, 5.41) is 3.76. The van der Waals surface area contributed by atoms with Crippen LogP contribution in [0.4, 0.5) is 0 Å². The molecular weight excluding hydrogens is 254 g/mol. The molecule has 1 saturated carbocycles. The van der Waals surface area contributed by atoms with Crippen LogP contribution in [-0.4, -0.2) is 18.0 Å². The van der Waals surface area contributed by atoms with Crippen LogP contribution in [0, 0.1) is 0 Å². The van der Waals surface area contributed by atoms with Crippen molar-refractivity contribution in [2.24, 2.45) is 0 Å². The van der Waals surface area contributed by atoms with Gasteiger partial charge in [0.25, 0.3) is 0 Å². The number of alkyl halides is 1. The van der Waals surface area contributed by atoms with Crippen molar-refractivity contribution < 1.29 is 0 Å². The quantitative estimate of drug-likeness (QED) is 0.382. The summed E-state index contributed by atoms with van der Waals surface area (Å²) in [7, 11) is 0. The molecule has 0 saturated heterocycles. The van der Waals surface area contributed by atoms with Gasteiger partial charge in [-0.15, -0.1) is 11.6 Å². The molecule has 0 aromatic heterocycles. The van der Waals surface area contributed by atoms with E-state index in [4.69, 9.17) is 11.6 Å². The maximum absolute atomic E-state index is 6.19. The third kappa shape index (κ3) is 7.56. The molecule has 1 aliphatic carbocycles. The van der Waals surface area contributed by atoms with E-state index in [1.165, 1.54) is 90.0 Å². The topological polar surface area (TPSA) is 12.0 Å². The van der Waals surface area contributed by atoms with Gasteiger partial charge in [0.2, 0.25) is 0 Å². The Morgan fingerprint density at radius 2 is 1.42 bits per heavy atom. The first kappa shape index (κ1) is 17.3. The zero-order valence-corrected chi connectivity index (χ0v) is 13.7. The Bertz CT molecular complexity index is 199. The van der Waals surface area contributed by atoms with E-state index in [2.05, 4.69) is 12.2 Å². The predicted molar refractivity (Wildman–Crippen MR) is 87.1 cm³/mol. The SMILES string of the molecule is CCCCCCCCCCNC1(CCl)CCCCC1. The fourth-order valence-electron chi connectivity index (χ4n) is 3.20. The van der Waals surface area contributed by atoms with Gasteiger partial charge in [-0.25, -0.2) is 0 Å². The number of unbranched alkanes of at least 4 members (excludes halogenated alkanes) is 7. The first-order valence-electron chi connectivity index (χ1n) is 8.64. The van der Waals surface area contributed by atoms with E-state index < -0.39 is 0 Å². The highest BCUT2D eigenvalue weighted by Gasteiger charge is 2.29. The van der Waals surface area contributed by atoms with Crippen LogP contribution in [0.2, 0.25) is 0 Å². The Balaban J connectivity index is 1.94. The van der Waals surface area contributed by atoms with Gasteiger partial charge in [-0.05, 0) is 25.8 Å². The van der Waals surface area contributed by atoms with Crippen LogP contribution in [0.5, 0.6) is 0 Å². The number of rotatable bonds is 11. The lowest BCUT2D eigenvalue weighted by atomic mass is 9.83. The molecule has 1 rings (SSSR count). The lowest BCUT2D eigenvalue weighted by Crippen LogP contribution is -2.48. The molecule has 1 nitrogen and oxygen atoms in total. The van der Waals surface area contributed by atoms with Gasteiger partial charge >= 0.3 is 0 Å². The molecule has 0 aromatic rings. The summed E-state index contributed by atoms with van der Waals surface area (Å²) in [4.78, 5) is 0. The van der Waals surface area contributed by atoms with Crippen LogP contribution in [0.3, 0.4) is 0 Å². The highest BCUT2D eigenvalue weighted by molar-refractivity contribution is 6.18. The van der Waals surface area contributed by atoms with Crippen molar-refractivity contribution in [1.29, 1.82) is 0 Å². The van der Waals surface area contributed by atoms with E-state index in [0.717, 1.165) is 5.88 Å². The Hall–Kier alpha value is 0.250. The van der Waals surface area contributed by atoms with Gasteiger partial charge < -0.3 is 5.32 Å². The maximum atomic E-state index is 6.19. The minimum Gasteiger partial charge on any atom is -0.310 e. The van der Waals surface area contributed by atoms with Crippen molar-refractivity contribution in [3.8, 4) is 0 Å². The summed E-state index contributed by atoms with van der Waals surface area (Å²) in [6.07, 6.45) is 17.9. The molecule has 2 heteroatoms. The standard InChI is InChI=1S/C17H34ClN/c1-2-3-4-5-6-7-8-12-15-19-17(16-18)13-10-9-11-14-17/h19H,2-16H2,1H3. The van der Waals surface area contributed by atoms with Crippen LogP contribution in [0.25, 0.3) is 0 Å². The molecule has 0 spiro atoms. The third-order valence-electron chi connectivity index (χ3n) is 4.60. The van der Waals surface area contributed by atoms with E-state index in [0.29, 0.717) is 0 Å². The predicted octanol–water partition coefficient (Wildman–Crippen LogP) is 5.66. The Morgan fingerprint density at radius 1 is 0.842 bits per heavy atom. The van der Waals surface area contributed by atoms with Gasteiger partial charge in [-0.2, -0.15) is 0 Å². The van der Waals surface area contributed by atoms with Gasteiger partial charge in [0.05, 0.1) is 0 Å². The minimum atomic E-state index is 0.279. The van der Waals surface area contributed by atoms with Crippen LogP contribution in [0.15, 0.2) is 0 Å². The third-order valence-corrected chi connectivity index (χ3v) is 5.11. The maximum Gasteiger partial charge on any atom is 0.0406 e. The van der Waals surface area contributed by atoms with Crippen LogP contribution in [0.1, 0.15) is 90.4 Å². The molecule has 0 heterocycles. The van der Waals surface area contributed by atoms with Gasteiger partial charge in [-0.3, -0.25) is 0 Å². The lowest BCUT2D eigenvalue weighted by molar-refractivity contribution is 0.257. The summed E-state index contributed by atoms with van der Waals surface area (Å²) < 4.78 is 0. The zero-order valence-electron chi connectivity index (χ0n) is 13.0. The number of hydrogen-bond donors (Lipinski definition) is 1. The van der Waals surface area contributed by atoms with Gasteiger partial charge in [0.15, 0.2) is 0 Å². The number of halogens is 1. The van der Waals surface area contributed by atoms with Crippen molar-refractivity contribution >= 4 is 11.6 Å². The molecular formula is C17H34ClN. The Kier molecular flexibility index (Phi) is 9.99. The van der Waals surface area contributed by atoms with Crippen LogP contribution >= 0.6 is 11.6 Å². The minimum absolute atomic E-state index is 0.279. The molecule has 0 aliphatic heterocycles. The zero-order chi connectivity index (χ0) is 13.8. The molecule has 1 N–H and O–H groups in total. The number of hydrogen-bond acceptors (Lipinski definition) is 1. The van der Waals surface area contributed by atoms with E-state index in [-0.39, 0.29) is 5.54 Å². The highest BCUT2D eigenvalue weighted by Crippen LogP contribution is 2.29. The summed E-state index contributed by atoms with van der Waals surface area (Å²) in [5.41, 5.74) is 0.279. The first-order valence-corrected chi connectivity index (χ1v) is 9.17. The van der Waals surface area contributed by atoms with Gasteiger partial charge in [0, 0.05) is 11.4 Å². The van der Waals surface area contributed by atoms with Gasteiger partial charge in [-0.1, -0.05) is 71.1 Å². The summed E-state index contributed by atoms with van der Waals surface area (Å²) in [6.45, 7) is 3.45. The number of nitrogens with one attached hydrogen (secondary N) is 1. The highest BCUT2D eigenvalue weighted by atomic mass is 35.5. The average molecular weight is 288 g/mol. The second kappa shape index (κ2) is 11.0. The Morgan fingerprint density at radius 3 is 2.00 bits per heavy atom. The molecule has 1 fully saturated rings. The van der Waals surface area contributed by atoms with Crippen molar-refractivity contribution in [3.63, 3.8) is 0 Å². The normalized spacial score (nSPS) is 18.6. The first-order chi connectivity index (χ1) is 9.33. The fourth-order valence-corrected chi connectivity index (χ4v) is 3.56. The molecule has 0 aromatic carbocycles. The van der Waals surface area contributed by atoms with Crippen molar-refractivity contribution in [1.82, 2.24) is 5.32 Å². The lowest BCUT2D eigenvalue weighted by Gasteiger charge is -2.36. The van der Waals surface area contributed by atoms with Crippen LogP contribution < -0.4 is 5.32 Å². The largest absolute Gasteiger partial charge is 0.310 e. The summed E-state index contributed by atoms with van der Waals surface area (Å²) in [6, 6.07) is 0. The second-order valence-electron chi connectivity index (χ2n) is 6.38.